The lowest BCUT2D eigenvalue weighted by molar-refractivity contribution is -0.135. The van der Waals surface area contributed by atoms with E-state index in [0.29, 0.717) is 32.2 Å². The molecule has 3 amide bonds. The van der Waals surface area contributed by atoms with Gasteiger partial charge in [-0.15, -0.1) is 17.9 Å². The van der Waals surface area contributed by atoms with E-state index < -0.39 is 0 Å². The summed E-state index contributed by atoms with van der Waals surface area (Å²) in [4.78, 5) is 30.3. The van der Waals surface area contributed by atoms with Crippen molar-refractivity contribution in [2.75, 3.05) is 32.8 Å². The second-order valence-corrected chi connectivity index (χ2v) is 9.19. The fraction of sp³-hybridized carbons (Fsp3) is 0.440. The van der Waals surface area contributed by atoms with Gasteiger partial charge < -0.3 is 19.9 Å². The topological polar surface area (TPSA) is 61.9 Å². The summed E-state index contributed by atoms with van der Waals surface area (Å²) in [6.07, 6.45) is 2.46. The number of hydrogen-bond acceptors (Lipinski definition) is 4. The lowest BCUT2D eigenvalue weighted by atomic mass is 10.00. The highest BCUT2D eigenvalue weighted by Crippen LogP contribution is 2.34. The number of carbonyl (C=O) groups is 2. The molecule has 2 aromatic rings. The van der Waals surface area contributed by atoms with E-state index in [1.165, 1.54) is 15.3 Å². The predicted octanol–water partition coefficient (Wildman–Crippen LogP) is 4.59. The van der Waals surface area contributed by atoms with Gasteiger partial charge in [-0.2, -0.15) is 0 Å². The van der Waals surface area contributed by atoms with Crippen LogP contribution in [0.3, 0.4) is 0 Å². The monoisotopic (exact) mass is 455 g/mol. The smallest absolute Gasteiger partial charge is 0.318 e. The molecular weight excluding hydrogens is 422 g/mol. The maximum atomic E-state index is 13.3. The number of benzene rings is 1. The molecule has 7 heteroatoms. The highest BCUT2D eigenvalue weighted by molar-refractivity contribution is 7.10. The summed E-state index contributed by atoms with van der Waals surface area (Å²) in [7, 11) is 0. The number of hydrogen-bond donors (Lipinski definition) is 1. The quantitative estimate of drug-likeness (QED) is 0.563. The number of ether oxygens (including phenoxy) is 1. The van der Waals surface area contributed by atoms with Gasteiger partial charge in [0, 0.05) is 24.5 Å². The number of urea groups is 1. The second-order valence-electron chi connectivity index (χ2n) is 8.19. The van der Waals surface area contributed by atoms with Crippen molar-refractivity contribution in [3.63, 3.8) is 0 Å². The minimum atomic E-state index is -0.257. The van der Waals surface area contributed by atoms with Crippen LogP contribution in [-0.4, -0.2) is 54.5 Å². The summed E-state index contributed by atoms with van der Waals surface area (Å²) >= 11 is 1.72. The summed E-state index contributed by atoms with van der Waals surface area (Å²) in [6, 6.07) is 9.78. The van der Waals surface area contributed by atoms with Gasteiger partial charge in [0.15, 0.2) is 0 Å². The Hall–Kier alpha value is -2.80. The molecule has 2 heterocycles. The van der Waals surface area contributed by atoms with Gasteiger partial charge in [0.2, 0.25) is 5.91 Å². The first-order chi connectivity index (χ1) is 15.4. The molecule has 1 atom stereocenters. The van der Waals surface area contributed by atoms with Gasteiger partial charge in [0.1, 0.15) is 18.9 Å². The van der Waals surface area contributed by atoms with Crippen molar-refractivity contribution in [3.05, 3.63) is 64.4 Å². The molecular formula is C25H33N3O3S. The molecule has 1 N–H and O–H groups in total. The number of amides is 3. The van der Waals surface area contributed by atoms with Crippen LogP contribution in [-0.2, 0) is 11.2 Å². The highest BCUT2D eigenvalue weighted by Gasteiger charge is 2.33. The van der Waals surface area contributed by atoms with Gasteiger partial charge in [-0.1, -0.05) is 32.1 Å². The third kappa shape index (κ3) is 5.71. The molecule has 0 radical (unpaired) electrons. The standard InChI is InChI=1S/C25H33N3O3S/c1-5-13-27(25(30)26-6-2)16-24(29)28-14-11-23-21(12-15-32-23)22(28)17-31-20-9-7-19(8-10-20)18(3)4/h5,7-10,12,15,18,22H,1,6,11,13-14,16-17H2,2-4H3,(H,26,30)/t22-/m1/s1. The van der Waals surface area contributed by atoms with Crippen LogP contribution < -0.4 is 10.1 Å². The number of carbonyl (C=O) groups excluding carboxylic acids is 2. The van der Waals surface area contributed by atoms with Crippen LogP contribution in [0.1, 0.15) is 48.7 Å². The van der Waals surface area contributed by atoms with Crippen molar-refractivity contribution in [1.29, 1.82) is 0 Å². The first-order valence-electron chi connectivity index (χ1n) is 11.2. The molecule has 0 aliphatic carbocycles. The molecule has 1 aliphatic rings. The maximum Gasteiger partial charge on any atom is 0.318 e. The molecule has 1 aliphatic heterocycles. The first kappa shape index (κ1) is 23.9. The van der Waals surface area contributed by atoms with E-state index in [4.69, 9.17) is 4.74 Å². The fourth-order valence-corrected chi connectivity index (χ4v) is 4.82. The Balaban J connectivity index is 1.74. The van der Waals surface area contributed by atoms with Gasteiger partial charge >= 0.3 is 6.03 Å². The van der Waals surface area contributed by atoms with Gasteiger partial charge in [0.25, 0.3) is 0 Å². The number of thiophene rings is 1. The largest absolute Gasteiger partial charge is 0.491 e. The van der Waals surface area contributed by atoms with Crippen LogP contribution in [0.15, 0.2) is 48.4 Å². The zero-order chi connectivity index (χ0) is 23.1. The summed E-state index contributed by atoms with van der Waals surface area (Å²) in [5.41, 5.74) is 2.40. The van der Waals surface area contributed by atoms with Crippen LogP contribution in [0.4, 0.5) is 4.79 Å². The summed E-state index contributed by atoms with van der Waals surface area (Å²) < 4.78 is 6.13. The molecule has 172 valence electrons. The zero-order valence-electron chi connectivity index (χ0n) is 19.2. The second kappa shape index (κ2) is 11.2. The molecule has 0 spiro atoms. The number of nitrogens with zero attached hydrogens (tertiary/aromatic N) is 2. The molecule has 6 nitrogen and oxygen atoms in total. The molecule has 3 rings (SSSR count). The molecule has 0 bridgehead atoms. The van der Waals surface area contributed by atoms with Gasteiger partial charge in [-0.3, -0.25) is 4.79 Å². The van der Waals surface area contributed by atoms with E-state index in [1.807, 2.05) is 24.0 Å². The van der Waals surface area contributed by atoms with E-state index in [1.54, 1.807) is 17.4 Å². The first-order valence-corrected chi connectivity index (χ1v) is 12.0. The fourth-order valence-electron chi connectivity index (χ4n) is 3.89. The summed E-state index contributed by atoms with van der Waals surface area (Å²) in [6.45, 7) is 11.7. The van der Waals surface area contributed by atoms with Crippen LogP contribution in [0.25, 0.3) is 0 Å². The minimum absolute atomic E-state index is 0.0108. The van der Waals surface area contributed by atoms with E-state index in [9.17, 15) is 9.59 Å². The van der Waals surface area contributed by atoms with Crippen molar-refractivity contribution in [3.8, 4) is 5.75 Å². The van der Waals surface area contributed by atoms with Crippen molar-refractivity contribution < 1.29 is 14.3 Å². The highest BCUT2D eigenvalue weighted by atomic mass is 32.1. The SMILES string of the molecule is C=CCN(CC(=O)N1CCc2sccc2[C@H]1COc1ccc(C(C)C)cc1)C(=O)NCC. The lowest BCUT2D eigenvalue weighted by Gasteiger charge is -2.37. The molecule has 0 unspecified atom stereocenters. The Kier molecular flexibility index (Phi) is 8.33. The maximum absolute atomic E-state index is 13.3. The molecule has 0 fully saturated rings. The van der Waals surface area contributed by atoms with E-state index >= 15 is 0 Å². The molecule has 0 saturated heterocycles. The van der Waals surface area contributed by atoms with Crippen LogP contribution in [0, 0.1) is 0 Å². The van der Waals surface area contributed by atoms with Crippen LogP contribution in [0.2, 0.25) is 0 Å². The average Bonchev–Trinajstić information content (AvgIpc) is 3.26. The van der Waals surface area contributed by atoms with Gasteiger partial charge in [-0.25, -0.2) is 4.79 Å². The number of nitrogens with one attached hydrogen (secondary N) is 1. The Bertz CT molecular complexity index is 923. The minimum Gasteiger partial charge on any atom is -0.491 e. The van der Waals surface area contributed by atoms with Crippen LogP contribution in [0.5, 0.6) is 5.75 Å². The molecule has 1 aromatic carbocycles. The van der Waals surface area contributed by atoms with Gasteiger partial charge in [-0.05, 0) is 54.0 Å². The van der Waals surface area contributed by atoms with Crippen molar-refractivity contribution in [2.24, 2.45) is 0 Å². The average molecular weight is 456 g/mol. The molecule has 32 heavy (non-hydrogen) atoms. The van der Waals surface area contributed by atoms with Crippen LogP contribution >= 0.6 is 11.3 Å². The Morgan fingerprint density at radius 1 is 1.31 bits per heavy atom. The Labute approximate surface area is 194 Å². The number of fused-ring (bicyclic) bond motifs is 1. The summed E-state index contributed by atoms with van der Waals surface area (Å²) in [5.74, 6) is 1.17. The van der Waals surface area contributed by atoms with E-state index in [2.05, 4.69) is 49.3 Å². The molecule has 1 aromatic heterocycles. The predicted molar refractivity (Wildman–Crippen MR) is 129 cm³/mol. The van der Waals surface area contributed by atoms with E-state index in [0.717, 1.165) is 17.7 Å². The van der Waals surface area contributed by atoms with E-state index in [-0.39, 0.29) is 24.5 Å². The third-order valence-corrected chi connectivity index (χ3v) is 6.66. The van der Waals surface area contributed by atoms with Crippen molar-refractivity contribution >= 4 is 23.3 Å². The Morgan fingerprint density at radius 3 is 2.72 bits per heavy atom. The zero-order valence-corrected chi connectivity index (χ0v) is 20.0. The lowest BCUT2D eigenvalue weighted by Crippen LogP contribution is -2.49. The molecule has 0 saturated carbocycles. The third-order valence-electron chi connectivity index (χ3n) is 5.66. The number of rotatable bonds is 9. The van der Waals surface area contributed by atoms with Crippen molar-refractivity contribution in [2.45, 2.75) is 39.2 Å². The Morgan fingerprint density at radius 2 is 2.06 bits per heavy atom. The summed E-state index contributed by atoms with van der Waals surface area (Å²) in [5, 5.41) is 4.84. The normalized spacial score (nSPS) is 15.2. The van der Waals surface area contributed by atoms with Crippen molar-refractivity contribution in [1.82, 2.24) is 15.1 Å². The van der Waals surface area contributed by atoms with Gasteiger partial charge in [0.05, 0.1) is 6.04 Å².